The molecule has 3 atom stereocenters. The van der Waals surface area contributed by atoms with Crippen molar-refractivity contribution in [2.24, 2.45) is 0 Å². The third kappa shape index (κ3) is 53.9. The minimum Gasteiger partial charge on any atom is -0.461 e. The van der Waals surface area contributed by atoms with E-state index < -0.39 is 64.4 Å². The van der Waals surface area contributed by atoms with Crippen LogP contribution in [-0.4, -0.2) is 66.5 Å². The summed E-state index contributed by atoms with van der Waals surface area (Å²) in [6.07, 6.45) is 73.7. The first-order valence-corrected chi connectivity index (χ1v) is 29.9. The molecule has 0 spiro atoms. The maximum absolute atomic E-state index is 12.9. The lowest BCUT2D eigenvalue weighted by molar-refractivity contribution is -0.161. The number of phosphoric acid groups is 1. The van der Waals surface area contributed by atoms with Crippen molar-refractivity contribution in [2.45, 2.75) is 200 Å². The second-order valence-corrected chi connectivity index (χ2v) is 19.4. The first-order valence-electron chi connectivity index (χ1n) is 28.4. The van der Waals surface area contributed by atoms with Gasteiger partial charge in [0, 0.05) is 12.8 Å². The Morgan fingerprint density at radius 3 is 1.07 bits per heavy atom. The Morgan fingerprint density at radius 1 is 0.382 bits per heavy atom. The van der Waals surface area contributed by atoms with Gasteiger partial charge in [0.1, 0.15) is 12.7 Å². The average Bonchev–Trinajstić information content (AvgIpc) is 3.41. The summed E-state index contributed by atoms with van der Waals surface area (Å²) in [5, 5.41) is 9.81. The monoisotopic (exact) mass is 1070 g/mol. The van der Waals surface area contributed by atoms with Crippen molar-refractivity contribution in [2.75, 3.05) is 26.4 Å². The number of aliphatic hydroxyl groups excluding tert-OH is 1. The number of ether oxygens (including phenoxy) is 3. The number of phosphoric ester groups is 1. The number of unbranched alkanes of at least 4 members (excludes halogenated alkanes) is 8. The number of carbonyl (C=O) groups excluding carboxylic acids is 3. The summed E-state index contributed by atoms with van der Waals surface area (Å²) in [6.45, 7) is 4.10. The Kier molecular flexibility index (Phi) is 52.7. The van der Waals surface area contributed by atoms with Gasteiger partial charge in [-0.2, -0.15) is 0 Å². The van der Waals surface area contributed by atoms with E-state index >= 15 is 0 Å². The Labute approximate surface area is 460 Å². The number of aliphatic hydroxyl groups is 1. The van der Waals surface area contributed by atoms with Crippen LogP contribution < -0.4 is 0 Å². The van der Waals surface area contributed by atoms with Crippen molar-refractivity contribution >= 4 is 25.7 Å². The van der Waals surface area contributed by atoms with E-state index in [1.165, 1.54) is 0 Å². The third-order valence-corrected chi connectivity index (χ3v) is 11.9. The van der Waals surface area contributed by atoms with E-state index in [0.717, 1.165) is 128 Å². The molecule has 0 aromatic carbocycles. The summed E-state index contributed by atoms with van der Waals surface area (Å²) in [7, 11) is -4.79. The Morgan fingerprint density at radius 2 is 0.684 bits per heavy atom. The van der Waals surface area contributed by atoms with Gasteiger partial charge in [0.25, 0.3) is 0 Å². The molecule has 0 aliphatic carbocycles. The summed E-state index contributed by atoms with van der Waals surface area (Å²) in [5.74, 6) is -1.70. The topological polar surface area (TPSA) is 155 Å². The molecule has 0 radical (unpaired) electrons. The minimum absolute atomic E-state index is 0.0238. The van der Waals surface area contributed by atoms with Gasteiger partial charge in [-0.05, 0) is 122 Å². The Bertz CT molecular complexity index is 1880. The second-order valence-electron chi connectivity index (χ2n) is 18.0. The number of rotatable bonds is 50. The average molecular weight is 1080 g/mol. The minimum atomic E-state index is -4.79. The van der Waals surface area contributed by atoms with Gasteiger partial charge in [0.15, 0.2) is 6.10 Å². The predicted octanol–water partition coefficient (Wildman–Crippen LogP) is 16.9. The predicted molar refractivity (Wildman–Crippen MR) is 315 cm³/mol. The maximum Gasteiger partial charge on any atom is 0.472 e. The molecule has 0 saturated carbocycles. The van der Waals surface area contributed by atoms with Crippen LogP contribution in [0.4, 0.5) is 0 Å². The van der Waals surface area contributed by atoms with Crippen LogP contribution in [0.5, 0.6) is 0 Å². The van der Waals surface area contributed by atoms with Crippen LogP contribution >= 0.6 is 7.82 Å². The molecule has 0 aliphatic heterocycles. The van der Waals surface area contributed by atoms with E-state index in [-0.39, 0.29) is 19.3 Å². The largest absolute Gasteiger partial charge is 0.472 e. The number of hydrogen-bond donors (Lipinski definition) is 2. The van der Waals surface area contributed by atoms with Gasteiger partial charge in [-0.3, -0.25) is 23.4 Å². The van der Waals surface area contributed by atoms with Crippen LogP contribution in [0.2, 0.25) is 0 Å². The van der Waals surface area contributed by atoms with Crippen molar-refractivity contribution < 1.29 is 52.2 Å². The van der Waals surface area contributed by atoms with E-state index in [2.05, 4.69) is 161 Å². The summed E-state index contributed by atoms with van der Waals surface area (Å²) in [4.78, 5) is 48.5. The van der Waals surface area contributed by atoms with Gasteiger partial charge < -0.3 is 24.2 Å². The lowest BCUT2D eigenvalue weighted by atomic mass is 10.1. The normalized spacial score (nSPS) is 14.5. The third-order valence-electron chi connectivity index (χ3n) is 11.0. The highest BCUT2D eigenvalue weighted by Crippen LogP contribution is 2.43. The zero-order valence-electron chi connectivity index (χ0n) is 46.9. The molecule has 76 heavy (non-hydrogen) atoms. The Hall–Kier alpha value is -4.90. The molecule has 0 aromatic heterocycles. The number of esters is 3. The molecule has 426 valence electrons. The smallest absolute Gasteiger partial charge is 0.461 e. The van der Waals surface area contributed by atoms with Gasteiger partial charge >= 0.3 is 25.7 Å². The molecular formula is C64H99O11P. The number of hydrogen-bond acceptors (Lipinski definition) is 10. The number of allylic oxidation sites excluding steroid dienone is 25. The van der Waals surface area contributed by atoms with Gasteiger partial charge in [-0.15, -0.1) is 0 Å². The van der Waals surface area contributed by atoms with Crippen LogP contribution in [0.3, 0.4) is 0 Å². The van der Waals surface area contributed by atoms with Gasteiger partial charge in [-0.1, -0.05) is 204 Å². The van der Waals surface area contributed by atoms with E-state index in [9.17, 15) is 28.9 Å². The molecule has 0 rings (SSSR count). The van der Waals surface area contributed by atoms with Gasteiger partial charge in [0.05, 0.1) is 26.2 Å². The number of carbonyl (C=O) groups is 3. The first-order chi connectivity index (χ1) is 37.2. The molecule has 11 nitrogen and oxygen atoms in total. The fourth-order valence-electron chi connectivity index (χ4n) is 6.76. The van der Waals surface area contributed by atoms with E-state index in [1.54, 1.807) is 6.08 Å². The highest BCUT2D eigenvalue weighted by Gasteiger charge is 2.28. The molecule has 12 heteroatoms. The quantitative estimate of drug-likeness (QED) is 0.0197. The standard InChI is InChI=1S/C64H99O11P/c1-4-7-10-13-16-19-22-25-28-29-30-31-34-37-40-43-46-49-52-55-64(68)75-61(57-71-62(66)53-50-47-44-41-38-35-32-26-23-20-17-14-11-8-5-2)59-73-76(69,70)72-58-60(56-65)74-63(67)54-51-48-45-42-39-36-33-27-24-21-18-15-12-9-6-3/h7-12,16-21,25-28,30-33,37-38,40-41,47,50,60-61,65H,4-6,13-15,22-24,29,34-36,39,42-46,48-49,51-59H2,1-3H3,(H,69,70)/b10-7-,11-8-,12-9-,19-16-,20-17-,21-18-,28-25-,31-30-,32-26-,33-27-,40-37-,41-38-,50-47-. The van der Waals surface area contributed by atoms with Crippen LogP contribution in [-0.2, 0) is 42.2 Å². The van der Waals surface area contributed by atoms with Crippen LogP contribution in [0.1, 0.15) is 188 Å². The molecule has 0 aromatic rings. The molecule has 0 saturated heterocycles. The molecule has 2 N–H and O–H groups in total. The second kappa shape index (κ2) is 56.3. The van der Waals surface area contributed by atoms with Crippen LogP contribution in [0, 0.1) is 0 Å². The van der Waals surface area contributed by atoms with Gasteiger partial charge in [0.2, 0.25) is 0 Å². The molecule has 0 bridgehead atoms. The fourth-order valence-corrected chi connectivity index (χ4v) is 7.55. The highest BCUT2D eigenvalue weighted by atomic mass is 31.2. The lowest BCUT2D eigenvalue weighted by Gasteiger charge is -2.21. The van der Waals surface area contributed by atoms with E-state index in [4.69, 9.17) is 23.3 Å². The molecule has 0 fully saturated rings. The maximum atomic E-state index is 12.9. The summed E-state index contributed by atoms with van der Waals surface area (Å²) >= 11 is 0. The zero-order valence-corrected chi connectivity index (χ0v) is 47.8. The van der Waals surface area contributed by atoms with E-state index in [0.29, 0.717) is 19.3 Å². The summed E-state index contributed by atoms with van der Waals surface area (Å²) < 4.78 is 39.3. The molecular weight excluding hydrogens is 976 g/mol. The van der Waals surface area contributed by atoms with Crippen molar-refractivity contribution in [3.8, 4) is 0 Å². The van der Waals surface area contributed by atoms with Crippen molar-refractivity contribution in [3.63, 3.8) is 0 Å². The fraction of sp³-hybridized carbons (Fsp3) is 0.547. The van der Waals surface area contributed by atoms with Crippen molar-refractivity contribution in [3.05, 3.63) is 158 Å². The van der Waals surface area contributed by atoms with Gasteiger partial charge in [-0.25, -0.2) is 4.57 Å². The summed E-state index contributed by atoms with van der Waals surface area (Å²) in [6, 6.07) is 0. The highest BCUT2D eigenvalue weighted by molar-refractivity contribution is 7.47. The molecule has 0 amide bonds. The van der Waals surface area contributed by atoms with Crippen molar-refractivity contribution in [1.29, 1.82) is 0 Å². The Balaban J connectivity index is 4.93. The molecule has 0 heterocycles. The SMILES string of the molecule is CC/C=C\C/C=C\C/C=C\C/C=C\C/C=C\CCCCCC(=O)OC(COC(=O)C/C=C\C/C=C\C/C=C\C/C=C\C/C=C\CC)COP(=O)(O)OCC(CO)OC(=O)CCCCCCC/C=C\C/C=C\C/C=C\CC. The van der Waals surface area contributed by atoms with E-state index in [1.807, 2.05) is 12.2 Å². The first kappa shape index (κ1) is 71.1. The van der Waals surface area contributed by atoms with Crippen LogP contribution in [0.25, 0.3) is 0 Å². The van der Waals surface area contributed by atoms with Crippen LogP contribution in [0.15, 0.2) is 158 Å². The summed E-state index contributed by atoms with van der Waals surface area (Å²) in [5.41, 5.74) is 0. The zero-order chi connectivity index (χ0) is 55.5. The molecule has 0 aliphatic rings. The van der Waals surface area contributed by atoms with Crippen molar-refractivity contribution in [1.82, 2.24) is 0 Å². The molecule has 3 unspecified atom stereocenters. The lowest BCUT2D eigenvalue weighted by Crippen LogP contribution is -2.30.